The third kappa shape index (κ3) is 5.88. The van der Waals surface area contributed by atoms with Gasteiger partial charge in [-0.2, -0.15) is 0 Å². The van der Waals surface area contributed by atoms with Crippen molar-refractivity contribution in [3.63, 3.8) is 0 Å². The average Bonchev–Trinajstić information content (AvgIpc) is 3.57. The highest BCUT2D eigenvalue weighted by Crippen LogP contribution is 2.36. The van der Waals surface area contributed by atoms with Gasteiger partial charge in [-0.3, -0.25) is 9.59 Å². The van der Waals surface area contributed by atoms with E-state index in [2.05, 4.69) is 45.6 Å². The van der Waals surface area contributed by atoms with Crippen LogP contribution in [0.1, 0.15) is 81.3 Å². The molecule has 1 saturated heterocycles. The number of piperidine rings is 1. The minimum Gasteiger partial charge on any atom is -0.494 e. The normalized spacial score (nSPS) is 22.6. The van der Waals surface area contributed by atoms with Crippen LogP contribution in [0.15, 0.2) is 36.4 Å². The fourth-order valence-corrected chi connectivity index (χ4v) is 7.19. The third-order valence-electron chi connectivity index (χ3n) is 10.1. The summed E-state index contributed by atoms with van der Waals surface area (Å²) < 4.78 is 15.8. The molecule has 0 saturated carbocycles. The van der Waals surface area contributed by atoms with Crippen molar-refractivity contribution in [1.82, 2.24) is 24.3 Å². The Bertz CT molecular complexity index is 1770. The van der Waals surface area contributed by atoms with Gasteiger partial charge in [0.2, 0.25) is 5.91 Å². The number of rotatable bonds is 4. The molecule has 10 nitrogen and oxygen atoms in total. The van der Waals surface area contributed by atoms with Crippen molar-refractivity contribution in [2.75, 3.05) is 27.3 Å². The number of amides is 2. The van der Waals surface area contributed by atoms with E-state index >= 15 is 0 Å². The molecule has 0 aliphatic carbocycles. The molecule has 4 heterocycles. The van der Waals surface area contributed by atoms with Crippen molar-refractivity contribution < 1.29 is 19.1 Å². The summed E-state index contributed by atoms with van der Waals surface area (Å²) in [4.78, 5) is 33.8. The maximum absolute atomic E-state index is 13.7. The highest BCUT2D eigenvalue weighted by Gasteiger charge is 2.31. The molecule has 2 aliphatic heterocycles. The molecule has 0 unspecified atom stereocenters. The molecular weight excluding hydrogens is 580 g/mol. The molecule has 2 bridgehead atoms. The Labute approximate surface area is 271 Å². The summed E-state index contributed by atoms with van der Waals surface area (Å²) in [6.07, 6.45) is 5.74. The van der Waals surface area contributed by atoms with Gasteiger partial charge in [0.05, 0.1) is 30.5 Å². The van der Waals surface area contributed by atoms with Gasteiger partial charge in [0.15, 0.2) is 5.82 Å². The molecule has 6 rings (SSSR count). The zero-order valence-electron chi connectivity index (χ0n) is 28.1. The Kier molecular flexibility index (Phi) is 8.87. The standard InChI is InChI=1S/C36H48N6O4/c1-22-23-11-12-24-19-29(42(28(24)18-23)15-10-8-7-9-14-36(2,3)35(44)38-22)33-39-27-17-25(20-31(46-6)32(27)40(33)4)34(43)41-16-13-30(45-5)26(37)21-41/h11-12,17-20,22,26,30H,7-10,13-16,21,37H2,1-6H3,(H,38,44)/t22-,26+,30-/m1/s1. The van der Waals surface area contributed by atoms with Crippen LogP contribution in [0, 0.1) is 5.41 Å². The number of methoxy groups -OCH3 is 2. The first-order valence-electron chi connectivity index (χ1n) is 16.6. The number of nitrogens with one attached hydrogen (secondary N) is 1. The van der Waals surface area contributed by atoms with Gasteiger partial charge in [0.1, 0.15) is 11.3 Å². The van der Waals surface area contributed by atoms with Crippen LogP contribution in [0.3, 0.4) is 0 Å². The quantitative estimate of drug-likeness (QED) is 0.306. The number of nitrogens with zero attached hydrogens (tertiary/aromatic N) is 4. The second kappa shape index (κ2) is 12.7. The van der Waals surface area contributed by atoms with Crippen LogP contribution in [-0.4, -0.2) is 70.3 Å². The summed E-state index contributed by atoms with van der Waals surface area (Å²) in [5.41, 5.74) is 11.2. The highest BCUT2D eigenvalue weighted by molar-refractivity contribution is 6.00. The first-order valence-corrected chi connectivity index (χ1v) is 16.6. The van der Waals surface area contributed by atoms with Crippen LogP contribution in [0.4, 0.5) is 0 Å². The molecule has 10 heteroatoms. The summed E-state index contributed by atoms with van der Waals surface area (Å²) >= 11 is 0. The van der Waals surface area contributed by atoms with Gasteiger partial charge in [0.25, 0.3) is 5.91 Å². The summed E-state index contributed by atoms with van der Waals surface area (Å²) in [5, 5.41) is 4.39. The zero-order valence-corrected chi connectivity index (χ0v) is 28.1. The third-order valence-corrected chi connectivity index (χ3v) is 10.1. The summed E-state index contributed by atoms with van der Waals surface area (Å²) in [5.74, 6) is 1.42. The van der Waals surface area contributed by atoms with E-state index in [4.69, 9.17) is 20.2 Å². The molecule has 0 spiro atoms. The molecule has 46 heavy (non-hydrogen) atoms. The van der Waals surface area contributed by atoms with Crippen LogP contribution >= 0.6 is 0 Å². The van der Waals surface area contributed by atoms with Crippen LogP contribution in [-0.2, 0) is 23.1 Å². The number of likely N-dealkylation sites (tertiary alicyclic amines) is 1. The first-order chi connectivity index (χ1) is 22.0. The predicted molar refractivity (Wildman–Crippen MR) is 181 cm³/mol. The molecule has 246 valence electrons. The lowest BCUT2D eigenvalue weighted by atomic mass is 9.85. The van der Waals surface area contributed by atoms with Crippen LogP contribution < -0.4 is 15.8 Å². The number of aromatic nitrogens is 3. The second-order valence-corrected chi connectivity index (χ2v) is 13.8. The number of hydrogen-bond acceptors (Lipinski definition) is 6. The van der Waals surface area contributed by atoms with Crippen LogP contribution in [0.25, 0.3) is 33.5 Å². The fraction of sp³-hybridized carbons (Fsp3) is 0.528. The molecule has 4 aromatic rings. The second-order valence-electron chi connectivity index (χ2n) is 13.8. The molecule has 2 aromatic carbocycles. The number of ether oxygens (including phenoxy) is 2. The van der Waals surface area contributed by atoms with Gasteiger partial charge >= 0.3 is 0 Å². The maximum atomic E-state index is 13.7. The average molecular weight is 629 g/mol. The molecule has 2 aromatic heterocycles. The molecule has 2 amide bonds. The Morgan fingerprint density at radius 2 is 1.85 bits per heavy atom. The molecule has 3 N–H and O–H groups in total. The molecule has 2 aliphatic rings. The topological polar surface area (TPSA) is 117 Å². The van der Waals surface area contributed by atoms with E-state index in [1.54, 1.807) is 19.1 Å². The molecule has 3 atom stereocenters. The van der Waals surface area contributed by atoms with Crippen LogP contribution in [0.5, 0.6) is 5.75 Å². The number of carbonyl (C=O) groups excluding carboxylic acids is 2. The SMILES string of the molecule is COc1cc(C(=O)N2CC[C@@H](OC)[C@@H](N)C2)cc2nc(-c3cc4ccc5cc4n3CCCCCCC(C)(C)C(=O)N[C@@H]5C)n(C)c12. The van der Waals surface area contributed by atoms with Crippen molar-refractivity contribution in [1.29, 1.82) is 0 Å². The number of nitrogens with two attached hydrogens (primary N) is 1. The van der Waals surface area contributed by atoms with E-state index in [1.165, 1.54) is 0 Å². The van der Waals surface area contributed by atoms with Crippen molar-refractivity contribution in [3.8, 4) is 17.3 Å². The van der Waals surface area contributed by atoms with Crippen molar-refractivity contribution in [2.24, 2.45) is 18.2 Å². The van der Waals surface area contributed by atoms with Gasteiger partial charge in [-0.05, 0) is 56.0 Å². The number of aryl methyl sites for hydroxylation is 2. The Morgan fingerprint density at radius 1 is 1.07 bits per heavy atom. The number of benzene rings is 2. The molecule has 1 fully saturated rings. The number of fused-ring (bicyclic) bond motifs is 2. The van der Waals surface area contributed by atoms with Crippen molar-refractivity contribution in [2.45, 2.75) is 84.0 Å². The Balaban J connectivity index is 1.41. The van der Waals surface area contributed by atoms with Crippen LogP contribution in [0.2, 0.25) is 0 Å². The zero-order chi connectivity index (χ0) is 32.7. The summed E-state index contributed by atoms with van der Waals surface area (Å²) in [6.45, 7) is 8.03. The first kappa shape index (κ1) is 32.1. The lowest BCUT2D eigenvalue weighted by Crippen LogP contribution is -2.53. The lowest BCUT2D eigenvalue weighted by molar-refractivity contribution is -0.130. The minimum absolute atomic E-state index is 0.0480. The highest BCUT2D eigenvalue weighted by atomic mass is 16.5. The van der Waals surface area contributed by atoms with Gasteiger partial charge in [0, 0.05) is 61.7 Å². The molecule has 0 radical (unpaired) electrons. The van der Waals surface area contributed by atoms with Gasteiger partial charge in [-0.25, -0.2) is 4.98 Å². The minimum atomic E-state index is -0.394. The monoisotopic (exact) mass is 628 g/mol. The van der Waals surface area contributed by atoms with E-state index in [0.29, 0.717) is 36.3 Å². The van der Waals surface area contributed by atoms with Gasteiger partial charge in [-0.15, -0.1) is 0 Å². The number of hydrogen-bond donors (Lipinski definition) is 2. The fourth-order valence-electron chi connectivity index (χ4n) is 7.19. The predicted octanol–water partition coefficient (Wildman–Crippen LogP) is 5.56. The van der Waals surface area contributed by atoms with Gasteiger partial charge in [-0.1, -0.05) is 45.2 Å². The Hall–Kier alpha value is -3.89. The maximum Gasteiger partial charge on any atom is 0.254 e. The van der Waals surface area contributed by atoms with Gasteiger partial charge < -0.3 is 34.6 Å². The Morgan fingerprint density at radius 3 is 2.59 bits per heavy atom. The van der Waals surface area contributed by atoms with E-state index in [1.807, 2.05) is 33.0 Å². The number of imidazole rings is 1. The van der Waals surface area contributed by atoms with E-state index in [-0.39, 0.29) is 30.0 Å². The van der Waals surface area contributed by atoms with E-state index < -0.39 is 5.41 Å². The smallest absolute Gasteiger partial charge is 0.254 e. The summed E-state index contributed by atoms with van der Waals surface area (Å²) in [6, 6.07) is 12.0. The lowest BCUT2D eigenvalue weighted by Gasteiger charge is -2.36. The summed E-state index contributed by atoms with van der Waals surface area (Å²) in [7, 11) is 5.30. The molecular formula is C36H48N6O4. The van der Waals surface area contributed by atoms with E-state index in [9.17, 15) is 9.59 Å². The van der Waals surface area contributed by atoms with Crippen molar-refractivity contribution >= 4 is 33.8 Å². The number of carbonyl (C=O) groups is 2. The largest absolute Gasteiger partial charge is 0.494 e. The van der Waals surface area contributed by atoms with Crippen molar-refractivity contribution in [3.05, 3.63) is 47.5 Å². The van der Waals surface area contributed by atoms with E-state index in [0.717, 1.165) is 72.2 Å².